The van der Waals surface area contributed by atoms with Gasteiger partial charge in [-0.15, -0.1) is 0 Å². The van der Waals surface area contributed by atoms with Crippen LogP contribution in [0, 0.1) is 11.8 Å². The first-order valence-corrected chi connectivity index (χ1v) is 5.73. The van der Waals surface area contributed by atoms with E-state index in [9.17, 15) is 4.79 Å². The number of furan rings is 1. The van der Waals surface area contributed by atoms with Gasteiger partial charge in [-0.05, 0) is 12.1 Å². The fourth-order valence-corrected chi connectivity index (χ4v) is 1.46. The average Bonchev–Trinajstić information content (AvgIpc) is 2.96. The molecule has 2 aromatic rings. The summed E-state index contributed by atoms with van der Waals surface area (Å²) in [6.45, 7) is 0.685. The molecule has 0 saturated heterocycles. The molecule has 0 bridgehead atoms. The van der Waals surface area contributed by atoms with Crippen LogP contribution in [0.4, 0.5) is 0 Å². The number of rotatable bonds is 3. The van der Waals surface area contributed by atoms with Gasteiger partial charge in [-0.25, -0.2) is 0 Å². The molecule has 3 N–H and O–H groups in total. The zero-order valence-corrected chi connectivity index (χ0v) is 10.2. The zero-order valence-electron chi connectivity index (χ0n) is 10.2. The van der Waals surface area contributed by atoms with Gasteiger partial charge in [-0.3, -0.25) is 9.78 Å². The summed E-state index contributed by atoms with van der Waals surface area (Å²) in [6.07, 6.45) is 6.24. The van der Waals surface area contributed by atoms with E-state index in [1.807, 2.05) is 0 Å². The molecule has 96 valence electrons. The molecule has 0 saturated carbocycles. The number of hydrogen-bond donors (Lipinski definition) is 2. The number of nitrogens with one attached hydrogen (secondary N) is 1. The number of nitrogens with two attached hydrogens (primary N) is 1. The number of hydrogen-bond acceptors (Lipinski definition) is 4. The van der Waals surface area contributed by atoms with E-state index in [0.29, 0.717) is 17.7 Å². The monoisotopic (exact) mass is 255 g/mol. The smallest absolute Gasteiger partial charge is 0.253 e. The van der Waals surface area contributed by atoms with E-state index in [-0.39, 0.29) is 12.5 Å². The molecule has 2 rings (SSSR count). The highest BCUT2D eigenvalue weighted by molar-refractivity contribution is 5.94. The topological polar surface area (TPSA) is 81.1 Å². The number of nitrogens with zero attached hydrogens (tertiary/aromatic N) is 1. The molecule has 5 nitrogen and oxygen atoms in total. The predicted octanol–water partition coefficient (Wildman–Crippen LogP) is 0.915. The minimum Gasteiger partial charge on any atom is -0.472 e. The maximum atomic E-state index is 11.9. The van der Waals surface area contributed by atoms with Gasteiger partial charge in [-0.1, -0.05) is 11.8 Å². The van der Waals surface area contributed by atoms with Gasteiger partial charge < -0.3 is 15.5 Å². The van der Waals surface area contributed by atoms with Crippen LogP contribution in [0.2, 0.25) is 0 Å². The second kappa shape index (κ2) is 6.38. The molecule has 0 spiro atoms. The van der Waals surface area contributed by atoms with E-state index >= 15 is 0 Å². The van der Waals surface area contributed by atoms with Crippen LogP contribution < -0.4 is 11.1 Å². The van der Waals surface area contributed by atoms with Gasteiger partial charge in [0.2, 0.25) is 0 Å². The second-order valence-electron chi connectivity index (χ2n) is 3.78. The second-order valence-corrected chi connectivity index (χ2v) is 3.78. The Labute approximate surface area is 110 Å². The molecule has 0 aliphatic heterocycles. The summed E-state index contributed by atoms with van der Waals surface area (Å²) in [5, 5.41) is 2.77. The van der Waals surface area contributed by atoms with Gasteiger partial charge in [0.1, 0.15) is 0 Å². The van der Waals surface area contributed by atoms with Crippen molar-refractivity contribution in [1.82, 2.24) is 10.3 Å². The number of pyridine rings is 1. The molecule has 19 heavy (non-hydrogen) atoms. The first-order valence-electron chi connectivity index (χ1n) is 5.73. The SMILES string of the molecule is NCC#Cc1cncc(C(=O)NCc2ccoc2)c1. The number of carbonyl (C=O) groups excluding carboxylic acids is 1. The van der Waals surface area contributed by atoms with Gasteiger partial charge in [0.25, 0.3) is 5.91 Å². The average molecular weight is 255 g/mol. The van der Waals surface area contributed by atoms with Gasteiger partial charge in [-0.2, -0.15) is 0 Å². The minimum absolute atomic E-state index is 0.204. The van der Waals surface area contributed by atoms with Crippen molar-refractivity contribution in [3.8, 4) is 11.8 Å². The van der Waals surface area contributed by atoms with E-state index in [0.717, 1.165) is 5.56 Å². The summed E-state index contributed by atoms with van der Waals surface area (Å²) in [6, 6.07) is 3.47. The molecule has 0 radical (unpaired) electrons. The van der Waals surface area contributed by atoms with Crippen LogP contribution >= 0.6 is 0 Å². The van der Waals surface area contributed by atoms with Crippen LogP contribution in [0.3, 0.4) is 0 Å². The van der Waals surface area contributed by atoms with E-state index in [1.54, 1.807) is 30.9 Å². The molecule has 2 aromatic heterocycles. The van der Waals surface area contributed by atoms with Crippen LogP contribution in [0.5, 0.6) is 0 Å². The standard InChI is InChI=1S/C14H13N3O2/c15-4-1-2-11-6-13(9-16-7-11)14(18)17-8-12-3-5-19-10-12/h3,5-7,9-10H,4,8,15H2,(H,17,18). The molecule has 5 heteroatoms. The minimum atomic E-state index is -0.204. The molecule has 1 amide bonds. The molecule has 2 heterocycles. The van der Waals surface area contributed by atoms with Crippen LogP contribution in [-0.2, 0) is 6.54 Å². The quantitative estimate of drug-likeness (QED) is 0.799. The Balaban J connectivity index is 2.02. The van der Waals surface area contributed by atoms with E-state index in [4.69, 9.17) is 10.2 Å². The van der Waals surface area contributed by atoms with Crippen molar-refractivity contribution in [2.75, 3.05) is 6.54 Å². The molecule has 0 aliphatic carbocycles. The normalized spacial score (nSPS) is 9.53. The Morgan fingerprint density at radius 2 is 2.37 bits per heavy atom. The van der Waals surface area contributed by atoms with Crippen LogP contribution in [0.25, 0.3) is 0 Å². The Kier molecular flexibility index (Phi) is 4.32. The largest absolute Gasteiger partial charge is 0.472 e. The third-order valence-corrected chi connectivity index (χ3v) is 2.37. The number of aromatic nitrogens is 1. The summed E-state index contributed by atoms with van der Waals surface area (Å²) in [7, 11) is 0. The Bertz CT molecular complexity index is 609. The molecule has 0 aliphatic rings. The van der Waals surface area contributed by atoms with Crippen LogP contribution in [0.1, 0.15) is 21.5 Å². The first kappa shape index (κ1) is 12.9. The molecular formula is C14H13N3O2. The van der Waals surface area contributed by atoms with Crippen molar-refractivity contribution < 1.29 is 9.21 Å². The van der Waals surface area contributed by atoms with E-state index in [2.05, 4.69) is 22.1 Å². The van der Waals surface area contributed by atoms with Crippen LogP contribution in [-0.4, -0.2) is 17.4 Å². The molecule has 0 fully saturated rings. The summed E-state index contributed by atoms with van der Waals surface area (Å²) in [5.41, 5.74) is 7.33. The van der Waals surface area contributed by atoms with Crippen molar-refractivity contribution in [2.45, 2.75) is 6.54 Å². The highest BCUT2D eigenvalue weighted by atomic mass is 16.3. The third-order valence-electron chi connectivity index (χ3n) is 2.37. The van der Waals surface area contributed by atoms with E-state index in [1.165, 1.54) is 6.20 Å². The van der Waals surface area contributed by atoms with Gasteiger partial charge in [0, 0.05) is 30.1 Å². The maximum Gasteiger partial charge on any atom is 0.253 e. The number of carbonyl (C=O) groups is 1. The summed E-state index contributed by atoms with van der Waals surface area (Å²) in [4.78, 5) is 15.9. The molecular weight excluding hydrogens is 242 g/mol. The van der Waals surface area contributed by atoms with Crippen molar-refractivity contribution in [3.05, 3.63) is 53.7 Å². The van der Waals surface area contributed by atoms with Crippen molar-refractivity contribution in [1.29, 1.82) is 0 Å². The van der Waals surface area contributed by atoms with Crippen molar-refractivity contribution >= 4 is 5.91 Å². The van der Waals surface area contributed by atoms with Gasteiger partial charge in [0.15, 0.2) is 0 Å². The lowest BCUT2D eigenvalue weighted by atomic mass is 10.2. The summed E-state index contributed by atoms with van der Waals surface area (Å²) >= 11 is 0. The molecule has 0 atom stereocenters. The van der Waals surface area contributed by atoms with Crippen molar-refractivity contribution in [3.63, 3.8) is 0 Å². The fraction of sp³-hybridized carbons (Fsp3) is 0.143. The lowest BCUT2D eigenvalue weighted by molar-refractivity contribution is 0.0950. The lowest BCUT2D eigenvalue weighted by Crippen LogP contribution is -2.22. The Hall–Kier alpha value is -2.58. The maximum absolute atomic E-state index is 11.9. The fourth-order valence-electron chi connectivity index (χ4n) is 1.46. The van der Waals surface area contributed by atoms with Crippen molar-refractivity contribution in [2.24, 2.45) is 5.73 Å². The zero-order chi connectivity index (χ0) is 13.5. The highest BCUT2D eigenvalue weighted by Crippen LogP contribution is 2.03. The molecule has 0 unspecified atom stereocenters. The first-order chi connectivity index (χ1) is 9.29. The van der Waals surface area contributed by atoms with Gasteiger partial charge in [0.05, 0.1) is 24.6 Å². The lowest BCUT2D eigenvalue weighted by Gasteiger charge is -2.03. The third kappa shape index (κ3) is 3.69. The summed E-state index contributed by atoms with van der Waals surface area (Å²) < 4.78 is 4.92. The van der Waals surface area contributed by atoms with Crippen LogP contribution in [0.15, 0.2) is 41.5 Å². The van der Waals surface area contributed by atoms with Gasteiger partial charge >= 0.3 is 0 Å². The highest BCUT2D eigenvalue weighted by Gasteiger charge is 2.06. The Morgan fingerprint density at radius 3 is 3.11 bits per heavy atom. The predicted molar refractivity (Wildman–Crippen MR) is 70.0 cm³/mol. The summed E-state index contributed by atoms with van der Waals surface area (Å²) in [5.74, 6) is 5.35. The number of amides is 1. The molecule has 0 aromatic carbocycles. The van der Waals surface area contributed by atoms with E-state index < -0.39 is 0 Å². The Morgan fingerprint density at radius 1 is 1.47 bits per heavy atom.